The van der Waals surface area contributed by atoms with Gasteiger partial charge in [0.1, 0.15) is 0 Å². The highest BCUT2D eigenvalue weighted by Gasteiger charge is 1.83. The van der Waals surface area contributed by atoms with Crippen LogP contribution in [0, 0.1) is 12.5 Å². The summed E-state index contributed by atoms with van der Waals surface area (Å²) in [5.74, 6) is 0. The lowest BCUT2D eigenvalue weighted by Crippen LogP contribution is -2.07. The fraction of sp³-hybridized carbons (Fsp3) is 0.714. The zero-order valence-corrected chi connectivity index (χ0v) is 5.81. The van der Waals surface area contributed by atoms with E-state index in [1.165, 1.54) is 0 Å². The molecule has 0 saturated carbocycles. The molecule has 0 aliphatic carbocycles. The van der Waals surface area contributed by atoms with Crippen molar-refractivity contribution in [3.63, 3.8) is 0 Å². The van der Waals surface area contributed by atoms with Crippen molar-refractivity contribution >= 4 is 0 Å². The van der Waals surface area contributed by atoms with Gasteiger partial charge in [0.2, 0.25) is 0 Å². The second-order valence-electron chi connectivity index (χ2n) is 1.77. The van der Waals surface area contributed by atoms with Gasteiger partial charge in [-0.25, -0.2) is 0 Å². The van der Waals surface area contributed by atoms with Gasteiger partial charge in [0, 0.05) is 26.3 Å². The second-order valence-corrected chi connectivity index (χ2v) is 1.77. The molecule has 0 saturated heterocycles. The Hall–Kier alpha value is -0.680. The van der Waals surface area contributed by atoms with E-state index in [1.807, 2.05) is 0 Å². The molecule has 0 amide bonds. The molecule has 0 aromatic carbocycles. The van der Waals surface area contributed by atoms with Crippen molar-refractivity contribution < 1.29 is 4.74 Å². The summed E-state index contributed by atoms with van der Waals surface area (Å²) in [5, 5.41) is 2.78. The van der Waals surface area contributed by atoms with Crippen LogP contribution in [0.4, 0.5) is 0 Å². The number of methoxy groups -OCH3 is 1. The Labute approximate surface area is 56.6 Å². The number of hydrogen-bond acceptors (Lipinski definition) is 2. The maximum absolute atomic E-state index is 4.95. The van der Waals surface area contributed by atoms with Crippen molar-refractivity contribution in [2.75, 3.05) is 20.3 Å². The number of ether oxygens (including phenoxy) is 1. The van der Waals surface area contributed by atoms with E-state index in [0.29, 0.717) is 0 Å². The van der Waals surface area contributed by atoms with Gasteiger partial charge in [-0.3, -0.25) is 0 Å². The zero-order chi connectivity index (χ0) is 6.95. The van der Waals surface area contributed by atoms with Crippen molar-refractivity contribution in [1.29, 1.82) is 0 Å². The first kappa shape index (κ1) is 8.32. The average molecular weight is 127 g/mol. The van der Waals surface area contributed by atoms with Crippen molar-refractivity contribution in [1.82, 2.24) is 5.32 Å². The maximum Gasteiger partial charge on any atom is 0.0462 e. The van der Waals surface area contributed by atoms with Crippen molar-refractivity contribution in [3.8, 4) is 12.5 Å². The van der Waals surface area contributed by atoms with Gasteiger partial charge < -0.3 is 10.1 Å². The molecule has 0 spiro atoms. The topological polar surface area (TPSA) is 21.3 Å². The summed E-state index contributed by atoms with van der Waals surface area (Å²) >= 11 is 0. The van der Waals surface area contributed by atoms with Crippen LogP contribution in [0.2, 0.25) is 0 Å². The summed E-state index contributed by atoms with van der Waals surface area (Å²) in [5.41, 5.74) is 0. The lowest BCUT2D eigenvalue weighted by molar-refractivity contribution is 0.193. The molecule has 0 aromatic rings. The molecule has 52 valence electrons. The average Bonchev–Trinajstić information content (AvgIpc) is 1.89. The monoisotopic (exact) mass is 127 g/mol. The van der Waals surface area contributed by atoms with Gasteiger partial charge in [0.25, 0.3) is 0 Å². The Morgan fingerprint density at radius 1 is 1.56 bits per heavy atom. The van der Waals surface area contributed by atoms with Gasteiger partial charge in [0.05, 0.1) is 0 Å². The second kappa shape index (κ2) is 7.32. The molecule has 0 atom stereocenters. The molecule has 0 rings (SSSR count). The first-order valence-corrected chi connectivity index (χ1v) is 3.09. The van der Waals surface area contributed by atoms with Crippen molar-refractivity contribution in [2.45, 2.75) is 12.8 Å². The molecule has 2 heteroatoms. The standard InChI is InChI=1S/C7H13NO/c1-3-8-6-4-5-7-9-2/h1,8H,4-7H2,2H3. The zero-order valence-electron chi connectivity index (χ0n) is 5.81. The predicted octanol–water partition coefficient (Wildman–Crippen LogP) is 0.593. The van der Waals surface area contributed by atoms with E-state index < -0.39 is 0 Å². The van der Waals surface area contributed by atoms with Gasteiger partial charge in [-0.15, -0.1) is 0 Å². The summed E-state index contributed by atoms with van der Waals surface area (Å²) in [6.07, 6.45) is 7.11. The molecule has 0 unspecified atom stereocenters. The molecule has 0 bridgehead atoms. The minimum absolute atomic E-state index is 0.826. The Morgan fingerprint density at radius 3 is 2.89 bits per heavy atom. The van der Waals surface area contributed by atoms with Gasteiger partial charge in [-0.1, -0.05) is 6.42 Å². The lowest BCUT2D eigenvalue weighted by Gasteiger charge is -1.97. The van der Waals surface area contributed by atoms with Gasteiger partial charge in [0.15, 0.2) is 0 Å². The lowest BCUT2D eigenvalue weighted by atomic mass is 10.3. The molecule has 0 aromatic heterocycles. The number of rotatable bonds is 5. The van der Waals surface area contributed by atoms with E-state index in [2.05, 4.69) is 11.4 Å². The first-order chi connectivity index (χ1) is 4.41. The van der Waals surface area contributed by atoms with Crippen LogP contribution in [0.15, 0.2) is 0 Å². The van der Waals surface area contributed by atoms with E-state index in [4.69, 9.17) is 11.2 Å². The summed E-state index contributed by atoms with van der Waals surface area (Å²) < 4.78 is 4.84. The predicted molar refractivity (Wildman–Crippen MR) is 37.9 cm³/mol. The Kier molecular flexibility index (Phi) is 6.77. The Bertz CT molecular complexity index is 85.4. The third-order valence-electron chi connectivity index (χ3n) is 1.00. The highest BCUT2D eigenvalue weighted by atomic mass is 16.5. The molecular formula is C7H13NO. The third-order valence-corrected chi connectivity index (χ3v) is 1.00. The highest BCUT2D eigenvalue weighted by Crippen LogP contribution is 1.85. The van der Waals surface area contributed by atoms with E-state index in [0.717, 1.165) is 26.0 Å². The third kappa shape index (κ3) is 7.32. The van der Waals surface area contributed by atoms with Crippen LogP contribution in [-0.2, 0) is 4.74 Å². The number of unbranched alkanes of at least 4 members (excludes halogenated alkanes) is 1. The van der Waals surface area contributed by atoms with Gasteiger partial charge in [-0.2, -0.15) is 0 Å². The molecule has 0 aliphatic rings. The number of terminal acetylenes is 1. The van der Waals surface area contributed by atoms with E-state index in [9.17, 15) is 0 Å². The van der Waals surface area contributed by atoms with Crippen LogP contribution in [-0.4, -0.2) is 20.3 Å². The molecular weight excluding hydrogens is 114 g/mol. The molecule has 9 heavy (non-hydrogen) atoms. The number of hydrogen-bond donors (Lipinski definition) is 1. The molecule has 0 fully saturated rings. The van der Waals surface area contributed by atoms with Crippen LogP contribution >= 0.6 is 0 Å². The van der Waals surface area contributed by atoms with Crippen LogP contribution in [0.3, 0.4) is 0 Å². The molecule has 1 N–H and O–H groups in total. The van der Waals surface area contributed by atoms with Crippen molar-refractivity contribution in [3.05, 3.63) is 0 Å². The quantitative estimate of drug-likeness (QED) is 0.331. The highest BCUT2D eigenvalue weighted by molar-refractivity contribution is 4.78. The Balaban J connectivity index is 2.69. The fourth-order valence-corrected chi connectivity index (χ4v) is 0.532. The molecule has 0 heterocycles. The summed E-state index contributed by atoms with van der Waals surface area (Å²) in [7, 11) is 1.70. The van der Waals surface area contributed by atoms with Gasteiger partial charge in [-0.05, 0) is 12.8 Å². The number of nitrogens with one attached hydrogen (secondary N) is 1. The van der Waals surface area contributed by atoms with Gasteiger partial charge >= 0.3 is 0 Å². The smallest absolute Gasteiger partial charge is 0.0462 e. The summed E-state index contributed by atoms with van der Waals surface area (Å²) in [6, 6.07) is 2.35. The SMILES string of the molecule is C#CNCCCCOC. The molecule has 0 radical (unpaired) electrons. The minimum atomic E-state index is 0.826. The molecule has 0 aliphatic heterocycles. The largest absolute Gasteiger partial charge is 0.385 e. The van der Waals surface area contributed by atoms with Crippen LogP contribution in [0.1, 0.15) is 12.8 Å². The fourth-order valence-electron chi connectivity index (χ4n) is 0.532. The van der Waals surface area contributed by atoms with Crippen LogP contribution in [0.25, 0.3) is 0 Å². The normalized spacial score (nSPS) is 8.44. The van der Waals surface area contributed by atoms with Crippen LogP contribution in [0.5, 0.6) is 0 Å². The summed E-state index contributed by atoms with van der Waals surface area (Å²) in [6.45, 7) is 1.71. The van der Waals surface area contributed by atoms with Crippen LogP contribution < -0.4 is 5.32 Å². The van der Waals surface area contributed by atoms with E-state index in [-0.39, 0.29) is 0 Å². The Morgan fingerprint density at radius 2 is 2.33 bits per heavy atom. The minimum Gasteiger partial charge on any atom is -0.385 e. The van der Waals surface area contributed by atoms with E-state index in [1.54, 1.807) is 7.11 Å². The van der Waals surface area contributed by atoms with Crippen molar-refractivity contribution in [2.24, 2.45) is 0 Å². The first-order valence-electron chi connectivity index (χ1n) is 3.09. The maximum atomic E-state index is 4.95. The summed E-state index contributed by atoms with van der Waals surface area (Å²) in [4.78, 5) is 0. The van der Waals surface area contributed by atoms with E-state index >= 15 is 0 Å². The molecule has 2 nitrogen and oxygen atoms in total.